The Bertz CT molecular complexity index is 7810. The molecule has 2 aliphatic rings. The highest BCUT2D eigenvalue weighted by Gasteiger charge is 2.44. The van der Waals surface area contributed by atoms with Crippen molar-refractivity contribution in [2.24, 2.45) is 0 Å². The van der Waals surface area contributed by atoms with Crippen LogP contribution in [0.4, 0.5) is 34.1 Å². The zero-order chi connectivity index (χ0) is 100. The molecule has 20 rings (SSSR count). The average molecular weight is 1850 g/mol. The van der Waals surface area contributed by atoms with Crippen LogP contribution >= 0.6 is 0 Å². The van der Waals surface area contributed by atoms with E-state index in [1.165, 1.54) is 188 Å². The fourth-order valence-electron chi connectivity index (χ4n) is 22.7. The predicted octanol–water partition coefficient (Wildman–Crippen LogP) is 39.2. The second-order valence-electron chi connectivity index (χ2n) is 49.1. The lowest BCUT2D eigenvalue weighted by atomic mass is 9.72. The molecule has 0 saturated heterocycles. The first-order valence-corrected chi connectivity index (χ1v) is 51.6. The first kappa shape index (κ1) is 95.6. The Morgan fingerprint density at radius 2 is 0.514 bits per heavy atom. The summed E-state index contributed by atoms with van der Waals surface area (Å²) in [6.07, 6.45) is 0.844. The number of nitrogens with zero attached hydrogens (tertiary/aromatic N) is 2. The van der Waals surface area contributed by atoms with Gasteiger partial charge in [0.2, 0.25) is 0 Å². The zero-order valence-corrected chi connectivity index (χ0v) is 88.5. The van der Waals surface area contributed by atoms with Crippen LogP contribution in [0.2, 0.25) is 0 Å². The molecule has 0 amide bonds. The van der Waals surface area contributed by atoms with Gasteiger partial charge in [0, 0.05) is 44.7 Å². The van der Waals surface area contributed by atoms with Crippen LogP contribution in [0.25, 0.3) is 111 Å². The lowest BCUT2D eigenvalue weighted by Gasteiger charge is -2.32. The molecule has 18 aromatic rings. The Balaban J connectivity index is 0.642. The van der Waals surface area contributed by atoms with E-state index in [1.807, 2.05) is 0 Å². The molecule has 2 atom stereocenters. The number of hydrogen-bond donors (Lipinski definition) is 0. The van der Waals surface area contributed by atoms with Crippen molar-refractivity contribution in [1.82, 2.24) is 0 Å². The van der Waals surface area contributed by atoms with Crippen LogP contribution in [0.3, 0.4) is 0 Å². The Kier molecular flexibility index (Phi) is 23.8. The Hall–Kier alpha value is -13.9. The summed E-state index contributed by atoms with van der Waals surface area (Å²) in [6.45, 7) is 59.2. The molecule has 0 aliphatic heterocycles. The molecule has 2 nitrogen and oxygen atoms in total. The standard InChI is InChI=1S/C140H140N2/c1-131(2,3)100-76-96(77-101(81-100)132(4,5)6)113-52-37-42-93-44-39-55-119(128(93)113)117-49-32-36-61-127(117)142(111-87-105(136(16,17)18)83-106(88-111)137(19,20)21)109-73-66-92(67-74-109)112-54-41-59-124-130(112)121-51-30-34-58-123(121)139(124,24)99-69-62-90(63-70-99)89-138(22,23)107-79-97(78-102(84-107)133(7,8)9)114-53-38-43-94-45-40-56-120(129(94)114)118-50-31-35-60-126(118)141(110-85-103(134(10,11)12)82-104(86-110)135(13,14)15)108-71-64-91(65-72-108)95-68-75-116-115-48-29-33-57-122(115)140(25,125(116)80-95)98-46-27-26-28-47-98/h26-88H,89H2,1-25H3. The highest BCUT2D eigenvalue weighted by atomic mass is 15.2. The molecule has 142 heavy (non-hydrogen) atoms. The van der Waals surface area contributed by atoms with E-state index in [0.717, 1.165) is 46.1 Å². The average Bonchev–Trinajstić information content (AvgIpc) is 1.54. The summed E-state index contributed by atoms with van der Waals surface area (Å²) in [5.41, 5.74) is 44.4. The zero-order valence-electron chi connectivity index (χ0n) is 88.5. The Morgan fingerprint density at radius 1 is 0.197 bits per heavy atom. The van der Waals surface area contributed by atoms with Crippen molar-refractivity contribution in [2.75, 3.05) is 9.80 Å². The number of fused-ring (bicyclic) bond motifs is 8. The molecule has 0 aromatic heterocycles. The molecule has 0 spiro atoms. The molecule has 2 aliphatic carbocycles. The van der Waals surface area contributed by atoms with Gasteiger partial charge in [-0.05, 0) is 313 Å². The van der Waals surface area contributed by atoms with Crippen molar-refractivity contribution in [3.8, 4) is 89.0 Å². The maximum Gasteiger partial charge on any atom is 0.0540 e. The second-order valence-corrected chi connectivity index (χ2v) is 49.1. The van der Waals surface area contributed by atoms with Crippen molar-refractivity contribution in [3.05, 3.63) is 466 Å². The maximum absolute atomic E-state index is 2.55. The smallest absolute Gasteiger partial charge is 0.0540 e. The van der Waals surface area contributed by atoms with E-state index in [4.69, 9.17) is 0 Å². The van der Waals surface area contributed by atoms with E-state index < -0.39 is 5.41 Å². The van der Waals surface area contributed by atoms with Gasteiger partial charge in [-0.1, -0.05) is 475 Å². The molecule has 710 valence electrons. The van der Waals surface area contributed by atoms with Crippen molar-refractivity contribution in [2.45, 2.75) is 234 Å². The van der Waals surface area contributed by atoms with Crippen molar-refractivity contribution >= 4 is 55.7 Å². The third-order valence-electron chi connectivity index (χ3n) is 31.4. The van der Waals surface area contributed by atoms with E-state index in [2.05, 4.69) is 565 Å². The van der Waals surface area contributed by atoms with Gasteiger partial charge in [0.15, 0.2) is 0 Å². The van der Waals surface area contributed by atoms with Gasteiger partial charge in [-0.15, -0.1) is 0 Å². The predicted molar refractivity (Wildman–Crippen MR) is 612 cm³/mol. The molecule has 0 N–H and O–H groups in total. The quantitative estimate of drug-likeness (QED) is 0.0896. The summed E-state index contributed by atoms with van der Waals surface area (Å²) in [4.78, 5) is 5.10. The fourth-order valence-corrected chi connectivity index (χ4v) is 22.7. The minimum absolute atomic E-state index is 0.0433. The number of rotatable bonds is 17. The number of anilines is 6. The van der Waals surface area contributed by atoms with Gasteiger partial charge in [-0.2, -0.15) is 0 Å². The lowest BCUT2D eigenvalue weighted by molar-refractivity contribution is 0.517. The van der Waals surface area contributed by atoms with Crippen molar-refractivity contribution in [1.29, 1.82) is 0 Å². The van der Waals surface area contributed by atoms with Gasteiger partial charge in [-0.25, -0.2) is 0 Å². The summed E-state index contributed by atoms with van der Waals surface area (Å²) >= 11 is 0. The monoisotopic (exact) mass is 1850 g/mol. The number of benzene rings is 18. The molecule has 2 heteroatoms. The molecule has 0 bridgehead atoms. The van der Waals surface area contributed by atoms with Gasteiger partial charge >= 0.3 is 0 Å². The van der Waals surface area contributed by atoms with Crippen LogP contribution in [0.5, 0.6) is 0 Å². The molecule has 0 fully saturated rings. The third kappa shape index (κ3) is 17.5. The van der Waals surface area contributed by atoms with Crippen LogP contribution in [0.15, 0.2) is 382 Å². The van der Waals surface area contributed by atoms with Gasteiger partial charge in [0.05, 0.1) is 11.4 Å². The number of para-hydroxylation sites is 2. The van der Waals surface area contributed by atoms with Gasteiger partial charge in [-0.3, -0.25) is 0 Å². The highest BCUT2D eigenvalue weighted by Crippen LogP contribution is 2.59. The largest absolute Gasteiger partial charge is 0.310 e. The number of hydrogen-bond acceptors (Lipinski definition) is 2. The molecule has 0 radical (unpaired) electrons. The summed E-state index contributed by atoms with van der Waals surface area (Å²) in [5, 5.41) is 4.91. The van der Waals surface area contributed by atoms with Crippen molar-refractivity contribution in [3.63, 3.8) is 0 Å². The van der Waals surface area contributed by atoms with Crippen LogP contribution in [0, 0.1) is 0 Å². The van der Waals surface area contributed by atoms with E-state index in [-0.39, 0.29) is 48.7 Å². The summed E-state index contributed by atoms with van der Waals surface area (Å²) in [6, 6.07) is 148. The molecular formula is C140H140N2. The fraction of sp³-hybridized carbons (Fsp3) is 0.257. The van der Waals surface area contributed by atoms with Crippen LogP contribution < -0.4 is 9.80 Å². The molecule has 2 unspecified atom stereocenters. The van der Waals surface area contributed by atoms with E-state index >= 15 is 0 Å². The second kappa shape index (κ2) is 35.3. The normalized spacial score (nSPS) is 15.0. The van der Waals surface area contributed by atoms with E-state index in [0.29, 0.717) is 0 Å². The summed E-state index contributed by atoms with van der Waals surface area (Å²) in [5.74, 6) is 0. The lowest BCUT2D eigenvalue weighted by Crippen LogP contribution is -2.24. The Labute approximate surface area is 847 Å². The molecule has 0 heterocycles. The highest BCUT2D eigenvalue weighted by molar-refractivity contribution is 6.11. The first-order valence-electron chi connectivity index (χ1n) is 51.6. The van der Waals surface area contributed by atoms with Crippen LogP contribution in [0.1, 0.15) is 257 Å². The molecule has 18 aromatic carbocycles. The topological polar surface area (TPSA) is 6.48 Å². The van der Waals surface area contributed by atoms with Gasteiger partial charge in [0.25, 0.3) is 0 Å². The molecule has 0 saturated carbocycles. The van der Waals surface area contributed by atoms with Crippen LogP contribution in [-0.4, -0.2) is 0 Å². The summed E-state index contributed by atoms with van der Waals surface area (Å²) < 4.78 is 0. The maximum atomic E-state index is 2.55. The minimum atomic E-state index is -0.444. The Morgan fingerprint density at radius 3 is 0.958 bits per heavy atom. The minimum Gasteiger partial charge on any atom is -0.310 e. The van der Waals surface area contributed by atoms with Crippen molar-refractivity contribution < 1.29 is 0 Å². The first-order chi connectivity index (χ1) is 67.3. The van der Waals surface area contributed by atoms with Crippen LogP contribution in [-0.2, 0) is 60.6 Å². The summed E-state index contributed by atoms with van der Waals surface area (Å²) in [7, 11) is 0. The molecular weight excluding hydrogens is 1710 g/mol. The van der Waals surface area contributed by atoms with Gasteiger partial charge in [0.1, 0.15) is 0 Å². The van der Waals surface area contributed by atoms with E-state index in [9.17, 15) is 0 Å². The van der Waals surface area contributed by atoms with E-state index in [1.54, 1.807) is 0 Å². The SMILES string of the molecule is CC(C)(C)c1cc(-c2cccc3cccc(-c4ccccc4N(c4ccc(-c5cccc6c5-c5ccccc5C6(C)c5ccc(CC(C)(C)c6cc(-c7cccc8cccc(-c9ccccc9N(c9ccc(-c%10ccc%11c(c%10)C(C)(c%10ccccc%10)c%10ccccc%10-%11)cc9)c9cc(C(C)(C)C)cc(C(C)(C)C)c9)c78)cc(C(C)(C)C)c6)cc5)cc4)c4cc(C(C)(C)C)cc(C(C)(C)C)c4)c23)cc(C(C)(C)C)c1. The third-order valence-corrected chi connectivity index (χ3v) is 31.4. The van der Waals surface area contributed by atoms with Gasteiger partial charge < -0.3 is 9.80 Å².